The van der Waals surface area contributed by atoms with E-state index in [9.17, 15) is 4.79 Å². The first-order chi connectivity index (χ1) is 5.81. The second kappa shape index (κ2) is 2.64. The van der Waals surface area contributed by atoms with Crippen LogP contribution in [-0.4, -0.2) is 12.1 Å². The molecule has 4 heteroatoms. The van der Waals surface area contributed by atoms with E-state index in [0.29, 0.717) is 5.75 Å². The lowest BCUT2D eigenvalue weighted by atomic mass is 10.4. The van der Waals surface area contributed by atoms with Gasteiger partial charge in [-0.2, -0.15) is 0 Å². The van der Waals surface area contributed by atoms with Crippen LogP contribution in [0.1, 0.15) is 0 Å². The fourth-order valence-corrected chi connectivity index (χ4v) is 1.83. The van der Waals surface area contributed by atoms with Crippen molar-refractivity contribution in [3.8, 4) is 5.75 Å². The lowest BCUT2D eigenvalue weighted by Gasteiger charge is -1.96. The molecule has 12 heavy (non-hydrogen) atoms. The van der Waals surface area contributed by atoms with Gasteiger partial charge in [0.2, 0.25) is 0 Å². The maximum absolute atomic E-state index is 11.2. The fraction of sp³-hybridized carbons (Fsp3) is 0.125. The highest BCUT2D eigenvalue weighted by Crippen LogP contribution is 2.19. The number of ether oxygens (including phenoxy) is 1. The molecule has 3 nitrogen and oxygen atoms in total. The van der Waals surface area contributed by atoms with Crippen LogP contribution in [0.4, 0.5) is 0 Å². The predicted molar refractivity (Wildman–Crippen MR) is 49.0 cm³/mol. The molecule has 0 aliphatic carbocycles. The highest BCUT2D eigenvalue weighted by molar-refractivity contribution is 7.17. The van der Waals surface area contributed by atoms with E-state index < -0.39 is 0 Å². The minimum absolute atomic E-state index is 0.177. The molecule has 2 aromatic heterocycles. The minimum Gasteiger partial charge on any atom is -0.491 e. The number of methoxy groups -OCH3 is 1. The number of nitrogens with one attached hydrogen (secondary N) is 1. The molecule has 2 aromatic rings. The third-order valence-corrected chi connectivity index (χ3v) is 2.51. The summed E-state index contributed by atoms with van der Waals surface area (Å²) < 4.78 is 5.92. The predicted octanol–water partition coefficient (Wildman–Crippen LogP) is 1.60. The highest BCUT2D eigenvalue weighted by atomic mass is 32.1. The molecule has 0 aliphatic heterocycles. The Morgan fingerprint density at radius 3 is 3.17 bits per heavy atom. The molecular weight excluding hydrogens is 174 g/mol. The van der Waals surface area contributed by atoms with Gasteiger partial charge in [0.05, 0.1) is 17.3 Å². The number of aromatic amines is 1. The summed E-state index contributed by atoms with van der Waals surface area (Å²) in [6.45, 7) is 0. The molecule has 62 valence electrons. The summed E-state index contributed by atoms with van der Waals surface area (Å²) in [6.07, 6.45) is 0. The van der Waals surface area contributed by atoms with Crippen LogP contribution in [0.5, 0.6) is 5.75 Å². The Balaban J connectivity index is 2.82. The Labute approximate surface area is 72.6 Å². The third-order valence-electron chi connectivity index (χ3n) is 1.65. The molecule has 0 saturated heterocycles. The van der Waals surface area contributed by atoms with E-state index in [0.717, 1.165) is 10.2 Å². The van der Waals surface area contributed by atoms with Gasteiger partial charge in [0, 0.05) is 6.07 Å². The van der Waals surface area contributed by atoms with Crippen molar-refractivity contribution in [2.24, 2.45) is 0 Å². The summed E-state index contributed by atoms with van der Waals surface area (Å²) in [5.41, 5.74) is 0.689. The number of rotatable bonds is 1. The molecule has 2 heterocycles. The lowest BCUT2D eigenvalue weighted by Crippen LogP contribution is -2.07. The van der Waals surface area contributed by atoms with E-state index >= 15 is 0 Å². The van der Waals surface area contributed by atoms with Gasteiger partial charge in [-0.25, -0.2) is 0 Å². The van der Waals surface area contributed by atoms with Crippen LogP contribution in [0.15, 0.2) is 22.3 Å². The van der Waals surface area contributed by atoms with Crippen LogP contribution in [0.3, 0.4) is 0 Å². The lowest BCUT2D eigenvalue weighted by molar-refractivity contribution is 0.409. The van der Waals surface area contributed by atoms with Crippen LogP contribution < -0.4 is 10.3 Å². The number of H-pyrrole nitrogens is 1. The van der Waals surface area contributed by atoms with Crippen LogP contribution >= 0.6 is 11.3 Å². The van der Waals surface area contributed by atoms with Crippen LogP contribution in [0.2, 0.25) is 0 Å². The first-order valence-corrected chi connectivity index (χ1v) is 4.34. The van der Waals surface area contributed by atoms with E-state index in [1.165, 1.54) is 7.11 Å². The van der Waals surface area contributed by atoms with Gasteiger partial charge in [0.25, 0.3) is 5.56 Å². The summed E-state index contributed by atoms with van der Waals surface area (Å²) in [4.78, 5) is 13.9. The summed E-state index contributed by atoms with van der Waals surface area (Å²) in [7, 11) is 1.49. The van der Waals surface area contributed by atoms with Crippen molar-refractivity contribution in [3.05, 3.63) is 27.9 Å². The average Bonchev–Trinajstić information content (AvgIpc) is 2.49. The molecule has 0 unspecified atom stereocenters. The van der Waals surface area contributed by atoms with Gasteiger partial charge >= 0.3 is 0 Å². The molecule has 1 N–H and O–H groups in total. The largest absolute Gasteiger partial charge is 0.491 e. The van der Waals surface area contributed by atoms with Gasteiger partial charge in [-0.1, -0.05) is 0 Å². The Morgan fingerprint density at radius 1 is 1.58 bits per heavy atom. The molecule has 0 fully saturated rings. The third kappa shape index (κ3) is 1.00. The second-order valence-electron chi connectivity index (χ2n) is 2.37. The van der Waals surface area contributed by atoms with Gasteiger partial charge in [-0.05, 0) is 11.4 Å². The molecular formula is C8H7NO2S. The zero-order valence-corrected chi connectivity index (χ0v) is 7.27. The molecule has 0 spiro atoms. The Morgan fingerprint density at radius 2 is 2.42 bits per heavy atom. The first kappa shape index (κ1) is 7.36. The molecule has 0 amide bonds. The molecule has 0 atom stereocenters. The minimum atomic E-state index is -0.177. The molecule has 0 radical (unpaired) electrons. The monoisotopic (exact) mass is 181 g/mol. The number of hydrogen-bond acceptors (Lipinski definition) is 3. The normalized spacial score (nSPS) is 10.4. The molecule has 0 aromatic carbocycles. The Bertz CT molecular complexity index is 457. The maximum Gasteiger partial charge on any atom is 0.290 e. The topological polar surface area (TPSA) is 42.1 Å². The van der Waals surface area contributed by atoms with Crippen molar-refractivity contribution in [1.82, 2.24) is 4.98 Å². The number of aromatic nitrogens is 1. The Kier molecular flexibility index (Phi) is 1.62. The SMILES string of the molecule is COc1cc2sccc2[nH]c1=O. The molecule has 0 bridgehead atoms. The smallest absolute Gasteiger partial charge is 0.290 e. The number of thiophene rings is 1. The van der Waals surface area contributed by atoms with E-state index in [4.69, 9.17) is 4.74 Å². The van der Waals surface area contributed by atoms with Crippen molar-refractivity contribution >= 4 is 21.6 Å². The zero-order valence-electron chi connectivity index (χ0n) is 6.46. The van der Waals surface area contributed by atoms with E-state index in [2.05, 4.69) is 4.98 Å². The van der Waals surface area contributed by atoms with E-state index in [-0.39, 0.29) is 5.56 Å². The number of pyridine rings is 1. The van der Waals surface area contributed by atoms with Gasteiger partial charge in [0.1, 0.15) is 0 Å². The van der Waals surface area contributed by atoms with Crippen molar-refractivity contribution in [2.75, 3.05) is 7.11 Å². The van der Waals surface area contributed by atoms with Crippen molar-refractivity contribution in [3.63, 3.8) is 0 Å². The molecule has 0 saturated carbocycles. The quantitative estimate of drug-likeness (QED) is 0.726. The summed E-state index contributed by atoms with van der Waals surface area (Å²) in [6, 6.07) is 3.62. The van der Waals surface area contributed by atoms with Crippen LogP contribution in [-0.2, 0) is 0 Å². The van der Waals surface area contributed by atoms with Gasteiger partial charge in [-0.15, -0.1) is 11.3 Å². The number of fused-ring (bicyclic) bond motifs is 1. The van der Waals surface area contributed by atoms with Crippen molar-refractivity contribution in [1.29, 1.82) is 0 Å². The first-order valence-electron chi connectivity index (χ1n) is 3.46. The zero-order chi connectivity index (χ0) is 8.55. The number of hydrogen-bond donors (Lipinski definition) is 1. The standard InChI is InChI=1S/C8H7NO2S/c1-11-6-4-7-5(2-3-12-7)9-8(6)10/h2-4H,1H3,(H,9,10). The summed E-state index contributed by atoms with van der Waals surface area (Å²) in [5, 5.41) is 1.93. The van der Waals surface area contributed by atoms with Crippen LogP contribution in [0, 0.1) is 0 Å². The van der Waals surface area contributed by atoms with Gasteiger partial charge in [-0.3, -0.25) is 4.79 Å². The Hall–Kier alpha value is -1.29. The van der Waals surface area contributed by atoms with E-state index in [1.54, 1.807) is 17.4 Å². The fourth-order valence-electron chi connectivity index (χ4n) is 1.06. The van der Waals surface area contributed by atoms with Crippen LogP contribution in [0.25, 0.3) is 10.2 Å². The average molecular weight is 181 g/mol. The van der Waals surface area contributed by atoms with Crippen molar-refractivity contribution in [2.45, 2.75) is 0 Å². The molecule has 0 aliphatic rings. The summed E-state index contributed by atoms with van der Waals surface area (Å²) >= 11 is 1.58. The van der Waals surface area contributed by atoms with Crippen molar-refractivity contribution < 1.29 is 4.74 Å². The van der Waals surface area contributed by atoms with Gasteiger partial charge < -0.3 is 9.72 Å². The molecule has 2 rings (SSSR count). The summed E-state index contributed by atoms with van der Waals surface area (Å²) in [5.74, 6) is 0.366. The highest BCUT2D eigenvalue weighted by Gasteiger charge is 2.01. The maximum atomic E-state index is 11.2. The van der Waals surface area contributed by atoms with E-state index in [1.807, 2.05) is 11.4 Å². The van der Waals surface area contributed by atoms with Gasteiger partial charge in [0.15, 0.2) is 5.75 Å². The second-order valence-corrected chi connectivity index (χ2v) is 3.31.